The van der Waals surface area contributed by atoms with Crippen LogP contribution in [0.5, 0.6) is 5.75 Å². The maximum absolute atomic E-state index is 14.4. The van der Waals surface area contributed by atoms with Gasteiger partial charge in [0.05, 0.1) is 0 Å². The first kappa shape index (κ1) is 12.4. The fourth-order valence-electron chi connectivity index (χ4n) is 2.43. The van der Waals surface area contributed by atoms with Crippen molar-refractivity contribution in [3.8, 4) is 5.75 Å². The summed E-state index contributed by atoms with van der Waals surface area (Å²) in [7, 11) is 0. The number of nitrogens with two attached hydrogens (primary N) is 1. The Morgan fingerprint density at radius 1 is 1.47 bits per heavy atom. The molecule has 0 fully saturated rings. The van der Waals surface area contributed by atoms with E-state index >= 15 is 0 Å². The van der Waals surface area contributed by atoms with Crippen LogP contribution in [0.2, 0.25) is 0 Å². The van der Waals surface area contributed by atoms with Crippen LogP contribution in [0.25, 0.3) is 0 Å². The van der Waals surface area contributed by atoms with E-state index in [4.69, 9.17) is 10.5 Å². The molecule has 0 saturated carbocycles. The quantitative estimate of drug-likeness (QED) is 0.877. The standard InChI is InChI=1S/C14H20FNO/c1-9(6-7-16)10-4-5-12-11(13(10)15)8-14(2,3)17-12/h4-5,9H,6-8,16H2,1-3H3. The Bertz CT molecular complexity index is 428. The third-order valence-electron chi connectivity index (χ3n) is 3.35. The van der Waals surface area contributed by atoms with E-state index in [2.05, 4.69) is 0 Å². The molecule has 17 heavy (non-hydrogen) atoms. The summed E-state index contributed by atoms with van der Waals surface area (Å²) >= 11 is 0. The Hall–Kier alpha value is -1.09. The lowest BCUT2D eigenvalue weighted by atomic mass is 9.93. The minimum absolute atomic E-state index is 0.103. The van der Waals surface area contributed by atoms with Gasteiger partial charge >= 0.3 is 0 Å². The minimum Gasteiger partial charge on any atom is -0.487 e. The van der Waals surface area contributed by atoms with Gasteiger partial charge in [0.2, 0.25) is 0 Å². The van der Waals surface area contributed by atoms with Gasteiger partial charge in [-0.3, -0.25) is 0 Å². The van der Waals surface area contributed by atoms with Gasteiger partial charge in [-0.1, -0.05) is 13.0 Å². The van der Waals surface area contributed by atoms with E-state index < -0.39 is 0 Å². The summed E-state index contributed by atoms with van der Waals surface area (Å²) in [6.07, 6.45) is 1.44. The highest BCUT2D eigenvalue weighted by molar-refractivity contribution is 5.44. The molecule has 1 aliphatic heterocycles. The molecule has 1 aliphatic rings. The molecule has 1 unspecified atom stereocenters. The van der Waals surface area contributed by atoms with Crippen LogP contribution in [0.3, 0.4) is 0 Å². The van der Waals surface area contributed by atoms with Crippen LogP contribution in [0.1, 0.15) is 44.2 Å². The summed E-state index contributed by atoms with van der Waals surface area (Å²) in [4.78, 5) is 0. The van der Waals surface area contributed by atoms with Crippen LogP contribution in [0.15, 0.2) is 12.1 Å². The van der Waals surface area contributed by atoms with Gasteiger partial charge in [-0.15, -0.1) is 0 Å². The maximum Gasteiger partial charge on any atom is 0.133 e. The monoisotopic (exact) mass is 237 g/mol. The Labute approximate surface area is 102 Å². The predicted octanol–water partition coefficient (Wildman–Crippen LogP) is 2.99. The third-order valence-corrected chi connectivity index (χ3v) is 3.35. The van der Waals surface area contributed by atoms with E-state index in [1.165, 1.54) is 0 Å². The van der Waals surface area contributed by atoms with Crippen molar-refractivity contribution in [2.75, 3.05) is 6.54 Å². The lowest BCUT2D eigenvalue weighted by molar-refractivity contribution is 0.138. The van der Waals surface area contributed by atoms with Crippen LogP contribution in [0.4, 0.5) is 4.39 Å². The highest BCUT2D eigenvalue weighted by Crippen LogP contribution is 2.39. The second-order valence-corrected chi connectivity index (χ2v) is 5.46. The van der Waals surface area contributed by atoms with Gasteiger partial charge in [0.15, 0.2) is 0 Å². The van der Waals surface area contributed by atoms with E-state index in [9.17, 15) is 4.39 Å². The van der Waals surface area contributed by atoms with Crippen LogP contribution in [-0.4, -0.2) is 12.1 Å². The SMILES string of the molecule is CC(CCN)c1ccc2c(c1F)CC(C)(C)O2. The van der Waals surface area contributed by atoms with Crippen molar-refractivity contribution in [2.24, 2.45) is 5.73 Å². The second kappa shape index (κ2) is 4.30. The van der Waals surface area contributed by atoms with Crippen LogP contribution < -0.4 is 10.5 Å². The summed E-state index contributed by atoms with van der Waals surface area (Å²) in [5.74, 6) is 0.749. The second-order valence-electron chi connectivity index (χ2n) is 5.46. The third kappa shape index (κ3) is 2.29. The summed E-state index contributed by atoms with van der Waals surface area (Å²) < 4.78 is 20.1. The first-order valence-electron chi connectivity index (χ1n) is 6.15. The van der Waals surface area contributed by atoms with Crippen LogP contribution in [-0.2, 0) is 6.42 Å². The normalized spacial score (nSPS) is 18.6. The van der Waals surface area contributed by atoms with Crippen molar-refractivity contribution < 1.29 is 9.13 Å². The van der Waals surface area contributed by atoms with Crippen molar-refractivity contribution in [1.29, 1.82) is 0 Å². The average molecular weight is 237 g/mol. The molecule has 0 spiro atoms. The molecule has 1 atom stereocenters. The highest BCUT2D eigenvalue weighted by Gasteiger charge is 2.33. The zero-order valence-electron chi connectivity index (χ0n) is 10.7. The Balaban J connectivity index is 2.35. The van der Waals surface area contributed by atoms with Crippen molar-refractivity contribution in [3.05, 3.63) is 29.1 Å². The van der Waals surface area contributed by atoms with Gasteiger partial charge in [-0.25, -0.2) is 4.39 Å². The van der Waals surface area contributed by atoms with Gasteiger partial charge in [0.25, 0.3) is 0 Å². The number of benzene rings is 1. The van der Waals surface area contributed by atoms with Crippen molar-refractivity contribution in [1.82, 2.24) is 0 Å². The smallest absolute Gasteiger partial charge is 0.133 e. The largest absolute Gasteiger partial charge is 0.487 e. The summed E-state index contributed by atoms with van der Waals surface area (Å²) in [6.45, 7) is 6.56. The zero-order valence-corrected chi connectivity index (χ0v) is 10.7. The van der Waals surface area contributed by atoms with Crippen molar-refractivity contribution in [3.63, 3.8) is 0 Å². The zero-order chi connectivity index (χ0) is 12.6. The van der Waals surface area contributed by atoms with Gasteiger partial charge in [0, 0.05) is 12.0 Å². The molecule has 94 valence electrons. The lowest BCUT2D eigenvalue weighted by Gasteiger charge is -2.16. The minimum atomic E-state index is -0.293. The molecule has 1 heterocycles. The molecule has 0 saturated heterocycles. The Kier molecular flexibility index (Phi) is 3.13. The fourth-order valence-corrected chi connectivity index (χ4v) is 2.43. The number of halogens is 1. The van der Waals surface area contributed by atoms with Gasteiger partial charge < -0.3 is 10.5 Å². The summed E-state index contributed by atoms with van der Waals surface area (Å²) in [5.41, 5.74) is 6.71. The first-order valence-corrected chi connectivity index (χ1v) is 6.15. The van der Waals surface area contributed by atoms with Crippen molar-refractivity contribution >= 4 is 0 Å². The average Bonchev–Trinajstić information content (AvgIpc) is 2.54. The number of fused-ring (bicyclic) bond motifs is 1. The predicted molar refractivity (Wildman–Crippen MR) is 66.9 cm³/mol. The van der Waals surface area contributed by atoms with Gasteiger partial charge in [0.1, 0.15) is 17.2 Å². The molecule has 2 nitrogen and oxygen atoms in total. The lowest BCUT2D eigenvalue weighted by Crippen LogP contribution is -2.24. The van der Waals surface area contributed by atoms with E-state index in [-0.39, 0.29) is 17.3 Å². The molecular weight excluding hydrogens is 217 g/mol. The molecule has 1 aromatic carbocycles. The molecule has 1 aromatic rings. The van der Waals surface area contributed by atoms with Crippen molar-refractivity contribution in [2.45, 2.75) is 45.1 Å². The van der Waals surface area contributed by atoms with Gasteiger partial charge in [-0.2, -0.15) is 0 Å². The number of rotatable bonds is 3. The topological polar surface area (TPSA) is 35.2 Å². The molecule has 0 bridgehead atoms. The molecule has 0 radical (unpaired) electrons. The maximum atomic E-state index is 14.4. The number of ether oxygens (including phenoxy) is 1. The summed E-state index contributed by atoms with van der Waals surface area (Å²) in [6, 6.07) is 3.71. The van der Waals surface area contributed by atoms with Crippen LogP contribution >= 0.6 is 0 Å². The van der Waals surface area contributed by atoms with Crippen LogP contribution in [0, 0.1) is 5.82 Å². The number of hydrogen-bond donors (Lipinski definition) is 1. The molecule has 0 amide bonds. The molecular formula is C14H20FNO. The fraction of sp³-hybridized carbons (Fsp3) is 0.571. The summed E-state index contributed by atoms with van der Waals surface area (Å²) in [5, 5.41) is 0. The van der Waals surface area contributed by atoms with E-state index in [0.717, 1.165) is 17.5 Å². The molecule has 0 aliphatic carbocycles. The number of hydrogen-bond acceptors (Lipinski definition) is 2. The Morgan fingerprint density at radius 2 is 2.18 bits per heavy atom. The van der Waals surface area contributed by atoms with Gasteiger partial charge in [-0.05, 0) is 44.4 Å². The highest BCUT2D eigenvalue weighted by atomic mass is 19.1. The van der Waals surface area contributed by atoms with E-state index in [0.29, 0.717) is 18.7 Å². The molecule has 2 N–H and O–H groups in total. The molecule has 3 heteroatoms. The molecule has 0 aromatic heterocycles. The Morgan fingerprint density at radius 3 is 2.82 bits per heavy atom. The first-order chi connectivity index (χ1) is 7.94. The van der Waals surface area contributed by atoms with E-state index in [1.807, 2.05) is 32.9 Å². The van der Waals surface area contributed by atoms with E-state index in [1.54, 1.807) is 0 Å². The molecule has 2 rings (SSSR count).